The minimum Gasteiger partial charge on any atom is -0.412 e. The van der Waals surface area contributed by atoms with Gasteiger partial charge in [0.25, 0.3) is 0 Å². The monoisotopic (exact) mass is 422 g/mol. The van der Waals surface area contributed by atoms with Crippen molar-refractivity contribution in [2.24, 2.45) is 0 Å². The highest BCUT2D eigenvalue weighted by Crippen LogP contribution is 2.30. The van der Waals surface area contributed by atoms with Crippen LogP contribution in [0.25, 0.3) is 11.1 Å². The fourth-order valence-electron chi connectivity index (χ4n) is 2.51. The highest BCUT2D eigenvalue weighted by Gasteiger charge is 2.00. The topological polar surface area (TPSA) is 63.0 Å². The van der Waals surface area contributed by atoms with Crippen molar-refractivity contribution >= 4 is 23.5 Å². The molecule has 4 heteroatoms. The number of thioether (sulfide) groups is 1. The molecule has 0 amide bonds. The van der Waals surface area contributed by atoms with Crippen LogP contribution < -0.4 is 0 Å². The maximum atomic E-state index is 2.19. The average Bonchev–Trinajstić information content (AvgIpc) is 2.77. The first-order valence-electron chi connectivity index (χ1n) is 8.82. The van der Waals surface area contributed by atoms with Crippen molar-refractivity contribution in [1.29, 1.82) is 0 Å². The molecule has 0 unspecified atom stereocenters. The van der Waals surface area contributed by atoms with Gasteiger partial charge in [0, 0.05) is 14.7 Å². The Morgan fingerprint density at radius 2 is 0.759 bits per heavy atom. The van der Waals surface area contributed by atoms with Gasteiger partial charge in [0.1, 0.15) is 0 Å². The Bertz CT molecular complexity index is 884. The maximum Gasteiger partial charge on any atom is 0.0122 e. The predicted molar refractivity (Wildman–Crippen MR) is 128 cm³/mol. The van der Waals surface area contributed by atoms with Gasteiger partial charge in [-0.2, -0.15) is 0 Å². The van der Waals surface area contributed by atoms with E-state index in [1.54, 1.807) is 23.5 Å². The Labute approximate surface area is 181 Å². The molecule has 4 aromatic rings. The first-order valence-corrected chi connectivity index (χ1v) is 10.9. The minimum atomic E-state index is 0. The van der Waals surface area contributed by atoms with Crippen LogP contribution in [0.4, 0.5) is 0 Å². The Morgan fingerprint density at radius 1 is 0.414 bits per heavy atom. The highest BCUT2D eigenvalue weighted by atomic mass is 32.2. The normalized spacial score (nSPS) is 9.28. The molecule has 0 radical (unpaired) electrons. The second-order valence-electron chi connectivity index (χ2n) is 5.82. The van der Waals surface area contributed by atoms with E-state index in [1.165, 1.54) is 25.8 Å². The van der Waals surface area contributed by atoms with E-state index in [1.807, 2.05) is 42.5 Å². The summed E-state index contributed by atoms with van der Waals surface area (Å²) in [5.41, 5.74) is 2.53. The van der Waals surface area contributed by atoms with Crippen LogP contribution in [-0.4, -0.2) is 17.2 Å². The van der Waals surface area contributed by atoms with Gasteiger partial charge < -0.3 is 11.0 Å². The summed E-state index contributed by atoms with van der Waals surface area (Å²) in [6, 6.07) is 40.0. The highest BCUT2D eigenvalue weighted by molar-refractivity contribution is 7.99. The lowest BCUT2D eigenvalue weighted by Gasteiger charge is -2.05. The van der Waals surface area contributed by atoms with Crippen LogP contribution in [-0.2, 0) is 0 Å². The number of hydrogen-bond donors (Lipinski definition) is 0. The van der Waals surface area contributed by atoms with Crippen molar-refractivity contribution in [2.75, 3.05) is 6.26 Å². The molecule has 0 aromatic heterocycles. The van der Waals surface area contributed by atoms with Gasteiger partial charge in [-0.3, -0.25) is 0 Å². The van der Waals surface area contributed by atoms with Crippen LogP contribution in [0.2, 0.25) is 0 Å². The molecule has 150 valence electrons. The Morgan fingerprint density at radius 3 is 1.17 bits per heavy atom. The van der Waals surface area contributed by atoms with Crippen LogP contribution in [0.1, 0.15) is 0 Å². The van der Waals surface area contributed by atoms with Crippen molar-refractivity contribution in [3.63, 3.8) is 0 Å². The molecular formula is C25H26O2S2. The fourth-order valence-corrected chi connectivity index (χ4v) is 3.75. The lowest BCUT2D eigenvalue weighted by molar-refractivity contribution is 0.823. The first-order chi connectivity index (χ1) is 13.3. The standard InChI is InChI=1S/C19H16S2.C6H6.2H2O/c1-20-17-11-7-15(8-12-17)16-9-13-19(14-10-16)21-18-5-3-2-4-6-18;1-2-4-6-5-3-1;;/h2-14H,1H3;1-6H;2*1H2. The smallest absolute Gasteiger partial charge is 0.0122 e. The van der Waals surface area contributed by atoms with Gasteiger partial charge in [-0.15, -0.1) is 11.8 Å². The summed E-state index contributed by atoms with van der Waals surface area (Å²) in [6.45, 7) is 0. The third kappa shape index (κ3) is 8.18. The summed E-state index contributed by atoms with van der Waals surface area (Å²) in [7, 11) is 0. The van der Waals surface area contributed by atoms with E-state index >= 15 is 0 Å². The SMILES string of the molecule is CSc1ccc(-c2ccc(Sc3ccccc3)cc2)cc1.O.O.c1ccccc1. The summed E-state index contributed by atoms with van der Waals surface area (Å²) in [5, 5.41) is 0. The van der Waals surface area contributed by atoms with Crippen LogP contribution in [0, 0.1) is 0 Å². The van der Waals surface area contributed by atoms with Crippen LogP contribution in [0.3, 0.4) is 0 Å². The molecule has 4 rings (SSSR count). The van der Waals surface area contributed by atoms with Gasteiger partial charge in [-0.1, -0.05) is 90.6 Å². The molecule has 29 heavy (non-hydrogen) atoms. The van der Waals surface area contributed by atoms with E-state index in [0.717, 1.165) is 0 Å². The number of rotatable bonds is 4. The molecule has 0 saturated carbocycles. The Hall–Kier alpha value is -2.50. The van der Waals surface area contributed by atoms with E-state index in [9.17, 15) is 0 Å². The van der Waals surface area contributed by atoms with Crippen molar-refractivity contribution in [1.82, 2.24) is 0 Å². The van der Waals surface area contributed by atoms with E-state index in [-0.39, 0.29) is 11.0 Å². The average molecular weight is 423 g/mol. The largest absolute Gasteiger partial charge is 0.412 e. The second-order valence-corrected chi connectivity index (χ2v) is 7.85. The van der Waals surface area contributed by atoms with E-state index < -0.39 is 0 Å². The van der Waals surface area contributed by atoms with Crippen LogP contribution >= 0.6 is 23.5 Å². The predicted octanol–water partition coefficient (Wildman–Crippen LogP) is 6.26. The molecule has 4 N–H and O–H groups in total. The van der Waals surface area contributed by atoms with Gasteiger partial charge >= 0.3 is 0 Å². The molecule has 0 bridgehead atoms. The lowest BCUT2D eigenvalue weighted by atomic mass is 10.1. The van der Waals surface area contributed by atoms with Gasteiger partial charge in [-0.05, 0) is 53.8 Å². The van der Waals surface area contributed by atoms with Crippen molar-refractivity contribution < 1.29 is 11.0 Å². The van der Waals surface area contributed by atoms with Crippen LogP contribution in [0.15, 0.2) is 130 Å². The Kier molecular flexibility index (Phi) is 11.5. The molecule has 4 aromatic carbocycles. The third-order valence-corrected chi connectivity index (χ3v) is 5.68. The second kappa shape index (κ2) is 13.6. The molecule has 0 atom stereocenters. The van der Waals surface area contributed by atoms with Gasteiger partial charge in [0.2, 0.25) is 0 Å². The lowest BCUT2D eigenvalue weighted by Crippen LogP contribution is -1.79. The Balaban J connectivity index is 0.000000455. The summed E-state index contributed by atoms with van der Waals surface area (Å²) in [4.78, 5) is 3.84. The summed E-state index contributed by atoms with van der Waals surface area (Å²) in [6.07, 6.45) is 2.10. The summed E-state index contributed by atoms with van der Waals surface area (Å²) >= 11 is 3.57. The van der Waals surface area contributed by atoms with Crippen molar-refractivity contribution in [3.8, 4) is 11.1 Å². The van der Waals surface area contributed by atoms with E-state index in [4.69, 9.17) is 0 Å². The quantitative estimate of drug-likeness (QED) is 0.364. The van der Waals surface area contributed by atoms with E-state index in [0.29, 0.717) is 0 Å². The summed E-state index contributed by atoms with van der Waals surface area (Å²) < 4.78 is 0. The summed E-state index contributed by atoms with van der Waals surface area (Å²) in [5.74, 6) is 0. The van der Waals surface area contributed by atoms with Crippen LogP contribution in [0.5, 0.6) is 0 Å². The maximum absolute atomic E-state index is 2.19. The van der Waals surface area contributed by atoms with Gasteiger partial charge in [-0.25, -0.2) is 0 Å². The third-order valence-electron chi connectivity index (χ3n) is 3.92. The number of benzene rings is 4. The molecule has 2 nitrogen and oxygen atoms in total. The first kappa shape index (κ1) is 24.5. The van der Waals surface area contributed by atoms with E-state index in [2.05, 4.69) is 79.1 Å². The van der Waals surface area contributed by atoms with Crippen molar-refractivity contribution in [3.05, 3.63) is 115 Å². The zero-order valence-corrected chi connectivity index (χ0v) is 17.9. The zero-order chi connectivity index (χ0) is 18.7. The zero-order valence-electron chi connectivity index (χ0n) is 16.3. The molecular weight excluding hydrogens is 396 g/mol. The molecule has 0 fully saturated rings. The fraction of sp³-hybridized carbons (Fsp3) is 0.0400. The molecule has 0 heterocycles. The molecule has 0 aliphatic carbocycles. The minimum absolute atomic E-state index is 0. The van der Waals surface area contributed by atoms with Crippen molar-refractivity contribution in [2.45, 2.75) is 14.7 Å². The molecule has 0 aliphatic heterocycles. The molecule has 0 saturated heterocycles. The molecule has 0 aliphatic rings. The molecule has 0 spiro atoms. The number of hydrogen-bond acceptors (Lipinski definition) is 2. The van der Waals surface area contributed by atoms with Gasteiger partial charge in [0.05, 0.1) is 0 Å². The van der Waals surface area contributed by atoms with Gasteiger partial charge in [0.15, 0.2) is 0 Å².